The van der Waals surface area contributed by atoms with E-state index in [1.165, 1.54) is 0 Å². The number of hydrogen-bond acceptors (Lipinski definition) is 4. The molecule has 0 atom stereocenters. The average molecular weight is 297 g/mol. The van der Waals surface area contributed by atoms with Crippen molar-refractivity contribution in [2.24, 2.45) is 12.8 Å². The van der Waals surface area contributed by atoms with Crippen LogP contribution in [-0.4, -0.2) is 26.3 Å². The molecule has 20 heavy (non-hydrogen) atoms. The molecule has 0 radical (unpaired) electrons. The van der Waals surface area contributed by atoms with Gasteiger partial charge in [-0.25, -0.2) is 13.8 Å². The lowest BCUT2D eigenvalue weighted by atomic mass is 10.2. The highest BCUT2D eigenvalue weighted by atomic mass is 32.1. The normalized spacial score (nSPS) is 10.6. The summed E-state index contributed by atoms with van der Waals surface area (Å²) in [4.78, 5) is 3.97. The number of rotatable bonds is 5. The van der Waals surface area contributed by atoms with Gasteiger partial charge < -0.3 is 11.1 Å². The first kappa shape index (κ1) is 14.3. The smallest absolute Gasteiger partial charge is 0.152 e. The predicted molar refractivity (Wildman–Crippen MR) is 75.4 cm³/mol. The number of anilines is 1. The van der Waals surface area contributed by atoms with Crippen LogP contribution in [0.5, 0.6) is 0 Å². The second-order valence-electron chi connectivity index (χ2n) is 4.19. The Morgan fingerprint density at radius 3 is 2.55 bits per heavy atom. The summed E-state index contributed by atoms with van der Waals surface area (Å²) < 4.78 is 29.1. The molecule has 5 nitrogen and oxygen atoms in total. The molecule has 0 spiro atoms. The Morgan fingerprint density at radius 2 is 2.05 bits per heavy atom. The number of thiocarbonyl (C=S) groups is 1. The second-order valence-corrected chi connectivity index (χ2v) is 4.63. The summed E-state index contributed by atoms with van der Waals surface area (Å²) >= 11 is 4.68. The fourth-order valence-corrected chi connectivity index (χ4v) is 1.80. The zero-order chi connectivity index (χ0) is 14.7. The van der Waals surface area contributed by atoms with Gasteiger partial charge in [-0.15, -0.1) is 0 Å². The fourth-order valence-electron chi connectivity index (χ4n) is 1.68. The third-order valence-electron chi connectivity index (χ3n) is 2.62. The Balaban J connectivity index is 2.04. The molecule has 2 aromatic rings. The monoisotopic (exact) mass is 297 g/mol. The number of aromatic nitrogens is 3. The quantitative estimate of drug-likeness (QED) is 0.816. The highest BCUT2D eigenvalue weighted by molar-refractivity contribution is 7.80. The SMILES string of the molecule is Cn1cnc(CCNc2c(F)cc(C(N)=S)cc2F)n1. The molecule has 1 aromatic heterocycles. The van der Waals surface area contributed by atoms with Gasteiger partial charge in [0.15, 0.2) is 5.82 Å². The standard InChI is InChI=1S/C12H13F2N5S/c1-19-6-17-10(18-19)2-3-16-11-8(13)4-7(12(15)20)5-9(11)14/h4-6,16H,2-3H2,1H3,(H2,15,20). The van der Waals surface area contributed by atoms with E-state index in [1.54, 1.807) is 18.1 Å². The number of nitrogens with two attached hydrogens (primary N) is 1. The molecule has 0 bridgehead atoms. The number of hydrogen-bond donors (Lipinski definition) is 2. The van der Waals surface area contributed by atoms with E-state index >= 15 is 0 Å². The van der Waals surface area contributed by atoms with Crippen LogP contribution in [0.2, 0.25) is 0 Å². The van der Waals surface area contributed by atoms with Gasteiger partial charge in [-0.1, -0.05) is 12.2 Å². The lowest BCUT2D eigenvalue weighted by Crippen LogP contribution is -2.13. The fraction of sp³-hybridized carbons (Fsp3) is 0.250. The van der Waals surface area contributed by atoms with Crippen molar-refractivity contribution in [3.8, 4) is 0 Å². The third kappa shape index (κ3) is 3.27. The lowest BCUT2D eigenvalue weighted by molar-refractivity contribution is 0.587. The molecule has 0 saturated heterocycles. The van der Waals surface area contributed by atoms with Crippen molar-refractivity contribution >= 4 is 22.9 Å². The van der Waals surface area contributed by atoms with Crippen LogP contribution in [0.15, 0.2) is 18.5 Å². The number of aryl methyl sites for hydroxylation is 1. The van der Waals surface area contributed by atoms with Crippen LogP contribution in [0.3, 0.4) is 0 Å². The molecule has 0 unspecified atom stereocenters. The van der Waals surface area contributed by atoms with Crippen LogP contribution in [0, 0.1) is 11.6 Å². The van der Waals surface area contributed by atoms with Crippen LogP contribution < -0.4 is 11.1 Å². The van der Waals surface area contributed by atoms with Gasteiger partial charge in [0.2, 0.25) is 0 Å². The first-order valence-corrected chi connectivity index (χ1v) is 6.25. The Hall–Kier alpha value is -2.09. The molecule has 0 amide bonds. The van der Waals surface area contributed by atoms with E-state index in [1.807, 2.05) is 0 Å². The van der Waals surface area contributed by atoms with Crippen LogP contribution in [0.1, 0.15) is 11.4 Å². The maximum absolute atomic E-state index is 13.7. The molecule has 1 aromatic carbocycles. The van der Waals surface area contributed by atoms with Crippen molar-refractivity contribution in [1.82, 2.24) is 14.8 Å². The van der Waals surface area contributed by atoms with Crippen LogP contribution in [-0.2, 0) is 13.5 Å². The van der Waals surface area contributed by atoms with Crippen molar-refractivity contribution in [2.75, 3.05) is 11.9 Å². The Labute approximate surface area is 119 Å². The van der Waals surface area contributed by atoms with Crippen molar-refractivity contribution in [1.29, 1.82) is 0 Å². The highest BCUT2D eigenvalue weighted by Gasteiger charge is 2.12. The van der Waals surface area contributed by atoms with Gasteiger partial charge in [0.05, 0.1) is 0 Å². The van der Waals surface area contributed by atoms with Crippen LogP contribution in [0.4, 0.5) is 14.5 Å². The Morgan fingerprint density at radius 1 is 1.40 bits per heavy atom. The second kappa shape index (κ2) is 5.91. The number of nitrogens with one attached hydrogen (secondary N) is 1. The minimum Gasteiger partial charge on any atom is -0.389 e. The third-order valence-corrected chi connectivity index (χ3v) is 2.86. The number of benzene rings is 1. The average Bonchev–Trinajstić information content (AvgIpc) is 2.78. The molecule has 2 rings (SSSR count). The number of halogens is 2. The Kier molecular flexibility index (Phi) is 4.23. The summed E-state index contributed by atoms with van der Waals surface area (Å²) in [5.74, 6) is -0.871. The van der Waals surface area contributed by atoms with Gasteiger partial charge in [0, 0.05) is 25.6 Å². The summed E-state index contributed by atoms with van der Waals surface area (Å²) in [6.45, 7) is 0.310. The zero-order valence-corrected chi connectivity index (χ0v) is 11.5. The van der Waals surface area contributed by atoms with E-state index in [-0.39, 0.29) is 16.2 Å². The molecule has 3 N–H and O–H groups in total. The lowest BCUT2D eigenvalue weighted by Gasteiger charge is -2.09. The van der Waals surface area contributed by atoms with Crippen LogP contribution in [0.25, 0.3) is 0 Å². The predicted octanol–water partition coefficient (Wildman–Crippen LogP) is 1.38. The van der Waals surface area contributed by atoms with Gasteiger partial charge in [-0.05, 0) is 12.1 Å². The molecule has 0 aliphatic rings. The minimum atomic E-state index is -0.734. The van der Waals surface area contributed by atoms with Crippen LogP contribution >= 0.6 is 12.2 Å². The summed E-state index contributed by atoms with van der Waals surface area (Å²) in [6, 6.07) is 2.21. The van der Waals surface area contributed by atoms with Gasteiger partial charge in [0.25, 0.3) is 0 Å². The zero-order valence-electron chi connectivity index (χ0n) is 10.7. The van der Waals surface area contributed by atoms with Crippen molar-refractivity contribution in [3.63, 3.8) is 0 Å². The number of nitrogens with zero attached hydrogens (tertiary/aromatic N) is 3. The minimum absolute atomic E-state index is 0.0490. The molecule has 0 saturated carbocycles. The summed E-state index contributed by atoms with van der Waals surface area (Å²) in [6.07, 6.45) is 2.02. The first-order valence-electron chi connectivity index (χ1n) is 5.84. The van der Waals surface area contributed by atoms with Crippen molar-refractivity contribution in [2.45, 2.75) is 6.42 Å². The molecule has 0 fully saturated rings. The molecule has 1 heterocycles. The highest BCUT2D eigenvalue weighted by Crippen LogP contribution is 2.20. The largest absolute Gasteiger partial charge is 0.389 e. The maximum atomic E-state index is 13.7. The van der Waals surface area contributed by atoms with Gasteiger partial charge in [-0.3, -0.25) is 4.68 Å². The molecule has 0 aliphatic carbocycles. The van der Waals surface area contributed by atoms with Crippen molar-refractivity contribution < 1.29 is 8.78 Å². The summed E-state index contributed by atoms with van der Waals surface area (Å²) in [5, 5.41) is 6.75. The van der Waals surface area contributed by atoms with Gasteiger partial charge in [0.1, 0.15) is 28.6 Å². The molecular weight excluding hydrogens is 284 g/mol. The van der Waals surface area contributed by atoms with E-state index in [9.17, 15) is 8.78 Å². The van der Waals surface area contributed by atoms with E-state index in [2.05, 4.69) is 27.6 Å². The Bertz CT molecular complexity index is 618. The van der Waals surface area contributed by atoms with E-state index in [0.717, 1.165) is 12.1 Å². The molecule has 0 aliphatic heterocycles. The van der Waals surface area contributed by atoms with E-state index < -0.39 is 11.6 Å². The molecule has 8 heteroatoms. The maximum Gasteiger partial charge on any atom is 0.152 e. The summed E-state index contributed by atoms with van der Waals surface area (Å²) in [5.41, 5.74) is 5.29. The van der Waals surface area contributed by atoms with E-state index in [4.69, 9.17) is 5.73 Å². The summed E-state index contributed by atoms with van der Waals surface area (Å²) in [7, 11) is 1.75. The molecular formula is C12H13F2N5S. The topological polar surface area (TPSA) is 68.8 Å². The van der Waals surface area contributed by atoms with Gasteiger partial charge in [-0.2, -0.15) is 5.10 Å². The molecule has 106 valence electrons. The van der Waals surface area contributed by atoms with Crippen molar-refractivity contribution in [3.05, 3.63) is 41.5 Å². The van der Waals surface area contributed by atoms with E-state index in [0.29, 0.717) is 18.8 Å². The van der Waals surface area contributed by atoms with Gasteiger partial charge >= 0.3 is 0 Å². The first-order chi connectivity index (χ1) is 9.47.